The Kier molecular flexibility index (Phi) is 3.61. The number of carboxylic acid groups (broad SMARTS) is 1. The van der Waals surface area contributed by atoms with E-state index in [1.807, 2.05) is 0 Å². The quantitative estimate of drug-likeness (QED) is 0.877. The van der Waals surface area contributed by atoms with Gasteiger partial charge in [-0.1, -0.05) is 11.6 Å². The molecule has 2 rings (SSSR count). The molecule has 98 valence electrons. The van der Waals surface area contributed by atoms with Crippen molar-refractivity contribution in [1.29, 1.82) is 0 Å². The standard InChI is InChI=1S/C12H15ClN2O3/c1-15-6-8(13)5-10(15)11(16)14-9-3-2-7(4-9)12(17)18/h5-7,9H,2-4H2,1H3,(H,14,16)(H,17,18)/t7-,9+/m0/s1. The normalized spacial score (nSPS) is 23.0. The smallest absolute Gasteiger partial charge is 0.306 e. The first-order valence-corrected chi connectivity index (χ1v) is 6.20. The van der Waals surface area contributed by atoms with Gasteiger partial charge < -0.3 is 15.0 Å². The number of aryl methyl sites for hydroxylation is 1. The third kappa shape index (κ3) is 2.67. The summed E-state index contributed by atoms with van der Waals surface area (Å²) in [4.78, 5) is 22.8. The molecule has 1 aliphatic carbocycles. The molecule has 0 unspecified atom stereocenters. The lowest BCUT2D eigenvalue weighted by Gasteiger charge is -2.12. The average molecular weight is 271 g/mol. The third-order valence-corrected chi connectivity index (χ3v) is 3.53. The Balaban J connectivity index is 1.97. The molecule has 5 nitrogen and oxygen atoms in total. The minimum atomic E-state index is -0.784. The molecule has 1 heterocycles. The van der Waals surface area contributed by atoms with Crippen LogP contribution in [-0.4, -0.2) is 27.6 Å². The van der Waals surface area contributed by atoms with E-state index in [0.717, 1.165) is 0 Å². The van der Waals surface area contributed by atoms with E-state index in [9.17, 15) is 9.59 Å². The summed E-state index contributed by atoms with van der Waals surface area (Å²) < 4.78 is 1.65. The number of halogens is 1. The summed E-state index contributed by atoms with van der Waals surface area (Å²) in [7, 11) is 1.75. The van der Waals surface area contributed by atoms with Crippen LogP contribution in [0.3, 0.4) is 0 Å². The summed E-state index contributed by atoms with van der Waals surface area (Å²) in [6.07, 6.45) is 3.49. The van der Waals surface area contributed by atoms with Crippen molar-refractivity contribution >= 4 is 23.5 Å². The number of carbonyl (C=O) groups excluding carboxylic acids is 1. The van der Waals surface area contributed by atoms with Crippen LogP contribution >= 0.6 is 11.6 Å². The van der Waals surface area contributed by atoms with Crippen molar-refractivity contribution < 1.29 is 14.7 Å². The van der Waals surface area contributed by atoms with Gasteiger partial charge in [0.25, 0.3) is 5.91 Å². The zero-order chi connectivity index (χ0) is 13.3. The van der Waals surface area contributed by atoms with Crippen molar-refractivity contribution in [2.45, 2.75) is 25.3 Å². The molecule has 0 saturated heterocycles. The van der Waals surface area contributed by atoms with Crippen molar-refractivity contribution in [3.8, 4) is 0 Å². The number of aromatic nitrogens is 1. The second kappa shape index (κ2) is 5.02. The minimum absolute atomic E-state index is 0.0627. The highest BCUT2D eigenvalue weighted by Crippen LogP contribution is 2.26. The number of aliphatic carboxylic acids is 1. The Morgan fingerprint density at radius 2 is 2.22 bits per heavy atom. The van der Waals surface area contributed by atoms with E-state index in [0.29, 0.717) is 30.0 Å². The van der Waals surface area contributed by atoms with Gasteiger partial charge in [0.05, 0.1) is 10.9 Å². The molecule has 2 atom stereocenters. The van der Waals surface area contributed by atoms with Crippen molar-refractivity contribution in [2.75, 3.05) is 0 Å². The Hall–Kier alpha value is -1.49. The molecule has 18 heavy (non-hydrogen) atoms. The number of nitrogens with one attached hydrogen (secondary N) is 1. The largest absolute Gasteiger partial charge is 0.481 e. The summed E-state index contributed by atoms with van der Waals surface area (Å²) in [5, 5.41) is 12.3. The molecule has 0 radical (unpaired) electrons. The number of carbonyl (C=O) groups is 2. The number of hydrogen-bond acceptors (Lipinski definition) is 2. The highest BCUT2D eigenvalue weighted by molar-refractivity contribution is 6.31. The van der Waals surface area contributed by atoms with E-state index in [4.69, 9.17) is 16.7 Å². The summed E-state index contributed by atoms with van der Waals surface area (Å²) in [5.41, 5.74) is 0.485. The number of carboxylic acids is 1. The lowest BCUT2D eigenvalue weighted by molar-refractivity contribution is -0.141. The van der Waals surface area contributed by atoms with Crippen LogP contribution in [-0.2, 0) is 11.8 Å². The van der Waals surface area contributed by atoms with Gasteiger partial charge in [-0.05, 0) is 25.3 Å². The predicted molar refractivity (Wildman–Crippen MR) is 66.7 cm³/mol. The fraction of sp³-hybridized carbons (Fsp3) is 0.500. The monoisotopic (exact) mass is 270 g/mol. The van der Waals surface area contributed by atoms with E-state index in [1.54, 1.807) is 23.9 Å². The van der Waals surface area contributed by atoms with Gasteiger partial charge in [0, 0.05) is 19.3 Å². The van der Waals surface area contributed by atoms with Gasteiger partial charge in [0.15, 0.2) is 0 Å². The molecule has 0 aromatic carbocycles. The maximum absolute atomic E-state index is 12.0. The van der Waals surface area contributed by atoms with E-state index in [-0.39, 0.29) is 17.9 Å². The van der Waals surface area contributed by atoms with Gasteiger partial charge in [0.1, 0.15) is 5.69 Å². The van der Waals surface area contributed by atoms with Gasteiger partial charge in [-0.25, -0.2) is 0 Å². The van der Waals surface area contributed by atoms with Crippen LogP contribution in [0.4, 0.5) is 0 Å². The molecule has 1 amide bonds. The first-order chi connectivity index (χ1) is 8.47. The van der Waals surface area contributed by atoms with E-state index >= 15 is 0 Å². The molecular weight excluding hydrogens is 256 g/mol. The molecule has 1 aliphatic rings. The van der Waals surface area contributed by atoms with E-state index in [1.165, 1.54) is 0 Å². The minimum Gasteiger partial charge on any atom is -0.481 e. The van der Waals surface area contributed by atoms with Crippen molar-refractivity contribution in [2.24, 2.45) is 13.0 Å². The second-order valence-corrected chi connectivity index (χ2v) is 5.11. The first-order valence-electron chi connectivity index (χ1n) is 5.83. The molecule has 2 N–H and O–H groups in total. The molecule has 0 spiro atoms. The van der Waals surface area contributed by atoms with Gasteiger partial charge in [-0.3, -0.25) is 9.59 Å². The fourth-order valence-electron chi connectivity index (χ4n) is 2.35. The Morgan fingerprint density at radius 3 is 2.72 bits per heavy atom. The summed E-state index contributed by atoms with van der Waals surface area (Å²) in [6.45, 7) is 0. The number of amides is 1. The predicted octanol–water partition coefficient (Wildman–Crippen LogP) is 1.66. The summed E-state index contributed by atoms with van der Waals surface area (Å²) in [6, 6.07) is 1.54. The van der Waals surface area contributed by atoms with E-state index < -0.39 is 5.97 Å². The molecule has 6 heteroatoms. The Labute approximate surface area is 110 Å². The molecule has 1 aromatic rings. The van der Waals surface area contributed by atoms with Crippen molar-refractivity contribution in [3.63, 3.8) is 0 Å². The molecule has 1 fully saturated rings. The van der Waals surface area contributed by atoms with Crippen LogP contribution in [0.25, 0.3) is 0 Å². The molecule has 1 aromatic heterocycles. The Bertz CT molecular complexity index is 484. The zero-order valence-electron chi connectivity index (χ0n) is 10.0. The maximum atomic E-state index is 12.0. The van der Waals surface area contributed by atoms with Crippen LogP contribution < -0.4 is 5.32 Å². The molecule has 0 bridgehead atoms. The molecule has 1 saturated carbocycles. The molecule has 0 aliphatic heterocycles. The number of hydrogen-bond donors (Lipinski definition) is 2. The highest BCUT2D eigenvalue weighted by Gasteiger charge is 2.30. The van der Waals surface area contributed by atoms with Crippen LogP contribution in [0.5, 0.6) is 0 Å². The first kappa shape index (κ1) is 13.0. The SMILES string of the molecule is Cn1cc(Cl)cc1C(=O)N[C@@H]1CC[C@H](C(=O)O)C1. The van der Waals surface area contributed by atoms with Crippen LogP contribution in [0.2, 0.25) is 5.02 Å². The van der Waals surface area contributed by atoms with Crippen LogP contribution in [0, 0.1) is 5.92 Å². The van der Waals surface area contributed by atoms with E-state index in [2.05, 4.69) is 5.32 Å². The summed E-state index contributed by atoms with van der Waals surface area (Å²) in [5.74, 6) is -1.33. The van der Waals surface area contributed by atoms with Gasteiger partial charge in [0.2, 0.25) is 0 Å². The average Bonchev–Trinajstić information content (AvgIpc) is 2.85. The second-order valence-electron chi connectivity index (χ2n) is 4.67. The molecular formula is C12H15ClN2O3. The fourth-order valence-corrected chi connectivity index (χ4v) is 2.60. The zero-order valence-corrected chi connectivity index (χ0v) is 10.8. The van der Waals surface area contributed by atoms with Gasteiger partial charge in [-0.15, -0.1) is 0 Å². The lowest BCUT2D eigenvalue weighted by Crippen LogP contribution is -2.34. The highest BCUT2D eigenvalue weighted by atomic mass is 35.5. The van der Waals surface area contributed by atoms with Gasteiger partial charge >= 0.3 is 5.97 Å². The van der Waals surface area contributed by atoms with Gasteiger partial charge in [-0.2, -0.15) is 0 Å². The van der Waals surface area contributed by atoms with Crippen molar-refractivity contribution in [3.05, 3.63) is 23.0 Å². The Morgan fingerprint density at radius 1 is 1.50 bits per heavy atom. The van der Waals surface area contributed by atoms with Crippen molar-refractivity contribution in [1.82, 2.24) is 9.88 Å². The summed E-state index contributed by atoms with van der Waals surface area (Å²) >= 11 is 5.81. The third-order valence-electron chi connectivity index (χ3n) is 3.32. The van der Waals surface area contributed by atoms with Crippen LogP contribution in [0.1, 0.15) is 29.8 Å². The number of nitrogens with zero attached hydrogens (tertiary/aromatic N) is 1. The lowest BCUT2D eigenvalue weighted by atomic mass is 10.1. The number of rotatable bonds is 3. The topological polar surface area (TPSA) is 71.3 Å². The maximum Gasteiger partial charge on any atom is 0.306 e. The van der Waals surface area contributed by atoms with Crippen LogP contribution in [0.15, 0.2) is 12.3 Å².